The predicted octanol–water partition coefficient (Wildman–Crippen LogP) is 7.99. The zero-order valence-corrected chi connectivity index (χ0v) is 24.1. The van der Waals surface area contributed by atoms with E-state index < -0.39 is 18.1 Å². The van der Waals surface area contributed by atoms with E-state index in [1.165, 1.54) is 69.1 Å². The van der Waals surface area contributed by atoms with Crippen LogP contribution in [0.15, 0.2) is 18.2 Å². The van der Waals surface area contributed by atoms with E-state index in [1.807, 2.05) is 0 Å². The van der Waals surface area contributed by atoms with Crippen molar-refractivity contribution in [1.29, 1.82) is 0 Å². The lowest BCUT2D eigenvalue weighted by molar-refractivity contribution is -0.192. The van der Waals surface area contributed by atoms with Gasteiger partial charge in [-0.3, -0.25) is 4.79 Å². The van der Waals surface area contributed by atoms with Gasteiger partial charge in [0.2, 0.25) is 5.91 Å². The highest BCUT2D eigenvalue weighted by molar-refractivity contribution is 7.16. The van der Waals surface area contributed by atoms with Gasteiger partial charge in [-0.15, -0.1) is 11.3 Å². The maximum atomic E-state index is 12.3. The van der Waals surface area contributed by atoms with Crippen LogP contribution < -0.4 is 11.1 Å². The number of amides is 1. The number of carbonyl (C=O) groups is 3. The van der Waals surface area contributed by atoms with Gasteiger partial charge in [0.15, 0.2) is 0 Å². The Morgan fingerprint density at radius 1 is 0.949 bits per heavy atom. The van der Waals surface area contributed by atoms with E-state index in [0.29, 0.717) is 30.1 Å². The number of ether oxygens (including phenoxy) is 1. The van der Waals surface area contributed by atoms with Gasteiger partial charge in [0.05, 0.1) is 12.2 Å². The summed E-state index contributed by atoms with van der Waals surface area (Å²) in [5.74, 6) is -3.23. The first-order chi connectivity index (χ1) is 18.6. The van der Waals surface area contributed by atoms with Crippen molar-refractivity contribution in [3.63, 3.8) is 0 Å². The van der Waals surface area contributed by atoms with Crippen molar-refractivity contribution < 1.29 is 37.4 Å². The van der Waals surface area contributed by atoms with E-state index in [-0.39, 0.29) is 5.91 Å². The molecule has 0 atom stereocenters. The average molecular weight is 579 g/mol. The van der Waals surface area contributed by atoms with Gasteiger partial charge in [-0.2, -0.15) is 13.2 Å². The van der Waals surface area contributed by atoms with Crippen LogP contribution in [0, 0.1) is 0 Å². The van der Waals surface area contributed by atoms with E-state index in [9.17, 15) is 22.8 Å². The summed E-state index contributed by atoms with van der Waals surface area (Å²) in [7, 11) is 0. The molecule has 0 spiro atoms. The third-order valence-corrected chi connectivity index (χ3v) is 6.71. The summed E-state index contributed by atoms with van der Waals surface area (Å²) >= 11 is 1.34. The number of rotatable bonds is 19. The molecule has 1 rings (SSSR count). The standard InChI is InChI=1S/C26H44N2O3S.C2HF3O2/c1-3-5-6-7-8-9-10-11-12-13-14-15-16-17-18-19-24(29)28-25-23(26(30)31-4-2)20-22(21-27)32-25;3-2(4,5)1(6)7/h11-12,20H,3-10,13-19,21,27H2,1-2H3,(H,28,29);(H,6,7)/b12-11-;. The Bertz CT molecular complexity index is 857. The molecule has 7 nitrogen and oxygen atoms in total. The van der Waals surface area contributed by atoms with Crippen LogP contribution in [0.2, 0.25) is 0 Å². The number of hydrogen-bond donors (Lipinski definition) is 3. The van der Waals surface area contributed by atoms with E-state index >= 15 is 0 Å². The first kappa shape index (κ1) is 36.6. The number of carboxylic acids is 1. The smallest absolute Gasteiger partial charge is 0.475 e. The van der Waals surface area contributed by atoms with Crippen molar-refractivity contribution in [2.24, 2.45) is 5.73 Å². The second-order valence-electron chi connectivity index (χ2n) is 9.07. The average Bonchev–Trinajstić information content (AvgIpc) is 3.29. The molecule has 0 aliphatic rings. The van der Waals surface area contributed by atoms with Crippen molar-refractivity contribution >= 4 is 34.2 Å². The number of thiophene rings is 1. The second-order valence-corrected chi connectivity index (χ2v) is 10.2. The van der Waals surface area contributed by atoms with Crippen molar-refractivity contribution in [3.05, 3.63) is 28.7 Å². The molecule has 1 heterocycles. The Morgan fingerprint density at radius 2 is 1.46 bits per heavy atom. The zero-order valence-electron chi connectivity index (χ0n) is 23.2. The Morgan fingerprint density at radius 3 is 1.95 bits per heavy atom. The van der Waals surface area contributed by atoms with Crippen LogP contribution in [0.4, 0.5) is 18.2 Å². The quantitative estimate of drug-likeness (QED) is 0.0870. The fourth-order valence-electron chi connectivity index (χ4n) is 3.54. The number of carbonyl (C=O) groups excluding carboxylic acids is 2. The number of esters is 1. The number of nitrogens with one attached hydrogen (secondary N) is 1. The van der Waals surface area contributed by atoms with E-state index in [4.69, 9.17) is 20.4 Å². The van der Waals surface area contributed by atoms with Gasteiger partial charge in [-0.25, -0.2) is 9.59 Å². The van der Waals surface area contributed by atoms with Gasteiger partial charge >= 0.3 is 18.1 Å². The Balaban J connectivity index is 0.00000181. The van der Waals surface area contributed by atoms with Crippen LogP contribution in [0.25, 0.3) is 0 Å². The molecule has 1 aromatic rings. The molecule has 0 aliphatic heterocycles. The number of nitrogens with two attached hydrogens (primary N) is 1. The molecule has 0 aliphatic carbocycles. The van der Waals surface area contributed by atoms with Crippen molar-refractivity contribution in [1.82, 2.24) is 0 Å². The summed E-state index contributed by atoms with van der Waals surface area (Å²) in [6.45, 7) is 4.66. The van der Waals surface area contributed by atoms with Crippen LogP contribution in [0.3, 0.4) is 0 Å². The summed E-state index contributed by atoms with van der Waals surface area (Å²) in [6, 6.07) is 1.71. The molecule has 0 fully saturated rings. The molecule has 1 aromatic heterocycles. The molecule has 0 bridgehead atoms. The minimum Gasteiger partial charge on any atom is -0.475 e. The van der Waals surface area contributed by atoms with Gasteiger partial charge in [0.25, 0.3) is 0 Å². The highest BCUT2D eigenvalue weighted by Gasteiger charge is 2.38. The van der Waals surface area contributed by atoms with E-state index in [0.717, 1.165) is 30.6 Å². The molecule has 224 valence electrons. The molecule has 0 saturated heterocycles. The van der Waals surface area contributed by atoms with Crippen LogP contribution in [-0.4, -0.2) is 35.7 Å². The number of anilines is 1. The SMILES string of the molecule is CCCCCCCC/C=C\CCCCCCCC(=O)Nc1sc(CN)cc1C(=O)OCC.O=C(O)C(F)(F)F. The highest BCUT2D eigenvalue weighted by Crippen LogP contribution is 2.29. The van der Waals surface area contributed by atoms with Crippen LogP contribution in [0.1, 0.15) is 119 Å². The number of aliphatic carboxylic acids is 1. The lowest BCUT2D eigenvalue weighted by Gasteiger charge is -2.06. The number of allylic oxidation sites excluding steroid dienone is 2. The van der Waals surface area contributed by atoms with Gasteiger partial charge < -0.3 is 20.9 Å². The Hall–Kier alpha value is -2.40. The first-order valence-electron chi connectivity index (χ1n) is 13.8. The maximum Gasteiger partial charge on any atom is 0.490 e. The summed E-state index contributed by atoms with van der Waals surface area (Å²) in [5.41, 5.74) is 6.08. The largest absolute Gasteiger partial charge is 0.490 e. The molecule has 39 heavy (non-hydrogen) atoms. The normalized spacial score (nSPS) is 11.2. The Labute approximate surface area is 234 Å². The lowest BCUT2D eigenvalue weighted by atomic mass is 10.1. The maximum absolute atomic E-state index is 12.3. The fraction of sp³-hybridized carbons (Fsp3) is 0.679. The Kier molecular flexibility index (Phi) is 21.0. The van der Waals surface area contributed by atoms with Crippen LogP contribution in [-0.2, 0) is 20.9 Å². The number of hydrogen-bond acceptors (Lipinski definition) is 6. The summed E-state index contributed by atoms with van der Waals surface area (Å²) < 4.78 is 36.8. The van der Waals surface area contributed by atoms with Gasteiger partial charge in [0.1, 0.15) is 5.00 Å². The topological polar surface area (TPSA) is 119 Å². The third-order valence-electron chi connectivity index (χ3n) is 5.64. The fourth-order valence-corrected chi connectivity index (χ4v) is 4.48. The molecule has 0 aromatic carbocycles. The van der Waals surface area contributed by atoms with Crippen molar-refractivity contribution in [2.45, 2.75) is 116 Å². The molecule has 0 radical (unpaired) electrons. The molecular formula is C28H45F3N2O5S. The summed E-state index contributed by atoms with van der Waals surface area (Å²) in [6.07, 6.45) is 16.1. The van der Waals surface area contributed by atoms with Gasteiger partial charge in [-0.1, -0.05) is 70.4 Å². The predicted molar refractivity (Wildman–Crippen MR) is 150 cm³/mol. The minimum atomic E-state index is -5.08. The highest BCUT2D eigenvalue weighted by atomic mass is 32.1. The van der Waals surface area contributed by atoms with Crippen molar-refractivity contribution in [2.75, 3.05) is 11.9 Å². The number of unbranched alkanes of at least 4 members (excludes halogenated alkanes) is 11. The van der Waals surface area contributed by atoms with Crippen LogP contribution >= 0.6 is 11.3 Å². The minimum absolute atomic E-state index is 0.0569. The lowest BCUT2D eigenvalue weighted by Crippen LogP contribution is -2.21. The molecule has 4 N–H and O–H groups in total. The van der Waals surface area contributed by atoms with Gasteiger partial charge in [-0.05, 0) is 45.1 Å². The number of halogens is 3. The third kappa shape index (κ3) is 19.3. The van der Waals surface area contributed by atoms with Crippen molar-refractivity contribution in [3.8, 4) is 0 Å². The molecule has 1 amide bonds. The number of alkyl halides is 3. The van der Waals surface area contributed by atoms with Gasteiger partial charge in [0, 0.05) is 17.8 Å². The first-order valence-corrected chi connectivity index (χ1v) is 14.6. The molecule has 0 saturated carbocycles. The van der Waals surface area contributed by atoms with Crippen LogP contribution in [0.5, 0.6) is 0 Å². The monoisotopic (exact) mass is 578 g/mol. The number of carboxylic acid groups (broad SMARTS) is 1. The van der Waals surface area contributed by atoms with E-state index in [2.05, 4.69) is 24.4 Å². The second kappa shape index (κ2) is 22.4. The summed E-state index contributed by atoms with van der Waals surface area (Å²) in [5, 5.41) is 10.5. The van der Waals surface area contributed by atoms with E-state index in [1.54, 1.807) is 13.0 Å². The molecular weight excluding hydrogens is 533 g/mol. The summed E-state index contributed by atoms with van der Waals surface area (Å²) in [4.78, 5) is 34.1. The zero-order chi connectivity index (χ0) is 29.5. The molecule has 0 unspecified atom stereocenters. The molecule has 11 heteroatoms.